The van der Waals surface area contributed by atoms with Crippen LogP contribution in [0.25, 0.3) is 0 Å². The number of benzene rings is 1. The zero-order valence-corrected chi connectivity index (χ0v) is 12.5. The van der Waals surface area contributed by atoms with E-state index in [-0.39, 0.29) is 12.5 Å². The highest BCUT2D eigenvalue weighted by Gasteiger charge is 2.31. The number of piperidine rings is 1. The van der Waals surface area contributed by atoms with E-state index < -0.39 is 5.60 Å². The second kappa shape index (κ2) is 6.30. The number of likely N-dealkylation sites (tertiary alicyclic amines) is 1. The number of amides is 1. The summed E-state index contributed by atoms with van der Waals surface area (Å²) in [5, 5.41) is 18.9. The van der Waals surface area contributed by atoms with Gasteiger partial charge in [-0.25, -0.2) is 0 Å². The third kappa shape index (κ3) is 4.07. The molecule has 1 aliphatic rings. The predicted molar refractivity (Wildman–Crippen MR) is 80.9 cm³/mol. The van der Waals surface area contributed by atoms with Crippen LogP contribution in [0.15, 0.2) is 18.2 Å². The quantitative estimate of drug-likeness (QED) is 0.766. The Kier molecular flexibility index (Phi) is 4.66. The molecule has 21 heavy (non-hydrogen) atoms. The summed E-state index contributed by atoms with van der Waals surface area (Å²) in [6, 6.07) is 5.45. The van der Waals surface area contributed by atoms with E-state index in [0.717, 1.165) is 24.0 Å². The smallest absolute Gasteiger partial charge is 0.254 e. The average Bonchev–Trinajstić information content (AvgIpc) is 2.42. The fourth-order valence-corrected chi connectivity index (χ4v) is 2.70. The molecule has 1 aromatic rings. The lowest BCUT2D eigenvalue weighted by Gasteiger charge is -2.36. The molecule has 4 heteroatoms. The van der Waals surface area contributed by atoms with Crippen LogP contribution in [0.3, 0.4) is 0 Å². The van der Waals surface area contributed by atoms with Crippen molar-refractivity contribution in [2.75, 3.05) is 19.7 Å². The normalized spacial score (nSPS) is 21.6. The molecule has 1 atom stereocenters. The van der Waals surface area contributed by atoms with E-state index in [1.165, 1.54) is 0 Å². The SMILES string of the molecule is Cc1cc(C#CCO)cc(C(=O)N2CCCC(C)(O)C2)c1. The Morgan fingerprint density at radius 2 is 2.19 bits per heavy atom. The first-order valence-corrected chi connectivity index (χ1v) is 7.14. The molecule has 1 aromatic carbocycles. The standard InChI is InChI=1S/C17H21NO3/c1-13-9-14(5-3-8-19)11-15(10-13)16(20)18-7-4-6-17(2,21)12-18/h9-11,19,21H,4,6-8,12H2,1-2H3. The number of nitrogens with zero attached hydrogens (tertiary/aromatic N) is 1. The molecule has 0 aromatic heterocycles. The van der Waals surface area contributed by atoms with Crippen LogP contribution in [0.1, 0.15) is 41.3 Å². The van der Waals surface area contributed by atoms with Crippen LogP contribution in [-0.2, 0) is 0 Å². The highest BCUT2D eigenvalue weighted by Crippen LogP contribution is 2.22. The van der Waals surface area contributed by atoms with Crippen LogP contribution in [0.5, 0.6) is 0 Å². The van der Waals surface area contributed by atoms with Gasteiger partial charge in [0, 0.05) is 24.2 Å². The van der Waals surface area contributed by atoms with Crippen LogP contribution in [0.4, 0.5) is 0 Å². The van der Waals surface area contributed by atoms with Crippen molar-refractivity contribution in [3.63, 3.8) is 0 Å². The van der Waals surface area contributed by atoms with Crippen LogP contribution in [0.2, 0.25) is 0 Å². The molecule has 1 amide bonds. The molecular weight excluding hydrogens is 266 g/mol. The number of rotatable bonds is 1. The molecule has 0 saturated carbocycles. The minimum atomic E-state index is -0.808. The van der Waals surface area contributed by atoms with Gasteiger partial charge >= 0.3 is 0 Å². The van der Waals surface area contributed by atoms with Gasteiger partial charge < -0.3 is 15.1 Å². The molecule has 1 heterocycles. The first-order chi connectivity index (χ1) is 9.91. The van der Waals surface area contributed by atoms with Crippen molar-refractivity contribution < 1.29 is 15.0 Å². The van der Waals surface area contributed by atoms with Crippen molar-refractivity contribution in [1.82, 2.24) is 4.90 Å². The summed E-state index contributed by atoms with van der Waals surface area (Å²) in [5.74, 6) is 5.34. The van der Waals surface area contributed by atoms with E-state index in [0.29, 0.717) is 18.7 Å². The summed E-state index contributed by atoms with van der Waals surface area (Å²) in [4.78, 5) is 14.3. The van der Waals surface area contributed by atoms with Crippen LogP contribution in [0, 0.1) is 18.8 Å². The molecule has 4 nitrogen and oxygen atoms in total. The van der Waals surface area contributed by atoms with Gasteiger partial charge in [-0.3, -0.25) is 4.79 Å². The van der Waals surface area contributed by atoms with Crippen LogP contribution < -0.4 is 0 Å². The monoisotopic (exact) mass is 287 g/mol. The molecule has 2 rings (SSSR count). The maximum absolute atomic E-state index is 12.6. The maximum atomic E-state index is 12.6. The third-order valence-corrected chi connectivity index (χ3v) is 3.60. The van der Waals surface area contributed by atoms with Crippen molar-refractivity contribution in [1.29, 1.82) is 0 Å². The van der Waals surface area contributed by atoms with Gasteiger partial charge in [0.1, 0.15) is 6.61 Å². The van der Waals surface area contributed by atoms with Gasteiger partial charge in [-0.15, -0.1) is 0 Å². The molecule has 0 aliphatic carbocycles. The lowest BCUT2D eigenvalue weighted by Crippen LogP contribution is -2.48. The van der Waals surface area contributed by atoms with Gasteiger partial charge in [-0.1, -0.05) is 11.8 Å². The Hall–Kier alpha value is -1.83. The number of hydrogen-bond acceptors (Lipinski definition) is 3. The lowest BCUT2D eigenvalue weighted by atomic mass is 9.94. The molecule has 1 aliphatic heterocycles. The molecule has 0 radical (unpaired) electrons. The molecule has 1 unspecified atom stereocenters. The number of β-amino-alcohol motifs (C(OH)–C–C–N with tert-alkyl or cyclic N) is 1. The number of carbonyl (C=O) groups excluding carboxylic acids is 1. The molecule has 1 fully saturated rings. The van der Waals surface area contributed by atoms with Crippen LogP contribution in [-0.4, -0.2) is 46.3 Å². The minimum Gasteiger partial charge on any atom is -0.388 e. The molecule has 0 spiro atoms. The van der Waals surface area contributed by atoms with E-state index in [2.05, 4.69) is 11.8 Å². The van der Waals surface area contributed by atoms with Crippen molar-refractivity contribution >= 4 is 5.91 Å². The Morgan fingerprint density at radius 3 is 2.86 bits per heavy atom. The molecule has 0 bridgehead atoms. The predicted octanol–water partition coefficient (Wildman–Crippen LogP) is 1.33. The van der Waals surface area contributed by atoms with Gasteiger partial charge in [0.2, 0.25) is 0 Å². The van der Waals surface area contributed by atoms with Crippen molar-refractivity contribution in [2.45, 2.75) is 32.3 Å². The van der Waals surface area contributed by atoms with E-state index >= 15 is 0 Å². The largest absolute Gasteiger partial charge is 0.388 e. The second-order valence-corrected chi connectivity index (χ2v) is 5.87. The van der Waals surface area contributed by atoms with E-state index in [9.17, 15) is 9.90 Å². The summed E-state index contributed by atoms with van der Waals surface area (Å²) >= 11 is 0. The van der Waals surface area contributed by atoms with Gasteiger partial charge in [0.25, 0.3) is 5.91 Å². The Balaban J connectivity index is 2.24. The van der Waals surface area contributed by atoms with Gasteiger partial charge in [-0.05, 0) is 50.5 Å². The molecule has 1 saturated heterocycles. The first kappa shape index (κ1) is 15.6. The lowest BCUT2D eigenvalue weighted by molar-refractivity contribution is -0.0107. The number of aryl methyl sites for hydroxylation is 1. The van der Waals surface area contributed by atoms with E-state index in [1.807, 2.05) is 19.1 Å². The highest BCUT2D eigenvalue weighted by molar-refractivity contribution is 5.95. The van der Waals surface area contributed by atoms with Crippen molar-refractivity contribution in [2.24, 2.45) is 0 Å². The van der Waals surface area contributed by atoms with Gasteiger partial charge in [0.15, 0.2) is 0 Å². The number of carbonyl (C=O) groups is 1. The average molecular weight is 287 g/mol. The molecule has 112 valence electrons. The van der Waals surface area contributed by atoms with Crippen LogP contribution >= 0.6 is 0 Å². The van der Waals surface area contributed by atoms with E-state index in [1.54, 1.807) is 17.9 Å². The number of aliphatic hydroxyl groups is 2. The second-order valence-electron chi connectivity index (χ2n) is 5.87. The van der Waals surface area contributed by atoms with E-state index in [4.69, 9.17) is 5.11 Å². The van der Waals surface area contributed by atoms with Gasteiger partial charge in [-0.2, -0.15) is 0 Å². The first-order valence-electron chi connectivity index (χ1n) is 7.14. The van der Waals surface area contributed by atoms with Crippen molar-refractivity contribution in [3.05, 3.63) is 34.9 Å². The Bertz CT molecular complexity index is 596. The zero-order valence-electron chi connectivity index (χ0n) is 12.5. The Labute approximate surface area is 125 Å². The van der Waals surface area contributed by atoms with Gasteiger partial charge in [0.05, 0.1) is 5.60 Å². The number of hydrogen-bond donors (Lipinski definition) is 2. The topological polar surface area (TPSA) is 60.8 Å². The fraction of sp³-hybridized carbons (Fsp3) is 0.471. The summed E-state index contributed by atoms with van der Waals surface area (Å²) in [6.45, 7) is 4.50. The third-order valence-electron chi connectivity index (χ3n) is 3.60. The fourth-order valence-electron chi connectivity index (χ4n) is 2.70. The minimum absolute atomic E-state index is 0.0780. The number of aliphatic hydroxyl groups excluding tert-OH is 1. The molecular formula is C17H21NO3. The molecule has 2 N–H and O–H groups in total. The summed E-state index contributed by atoms with van der Waals surface area (Å²) in [6.07, 6.45) is 1.53. The summed E-state index contributed by atoms with van der Waals surface area (Å²) in [5.41, 5.74) is 1.44. The Morgan fingerprint density at radius 1 is 1.43 bits per heavy atom. The summed E-state index contributed by atoms with van der Waals surface area (Å²) < 4.78 is 0. The van der Waals surface area contributed by atoms with Crippen molar-refractivity contribution in [3.8, 4) is 11.8 Å². The zero-order chi connectivity index (χ0) is 15.5. The highest BCUT2D eigenvalue weighted by atomic mass is 16.3. The maximum Gasteiger partial charge on any atom is 0.254 e. The summed E-state index contributed by atoms with van der Waals surface area (Å²) in [7, 11) is 0.